The number of imidazole rings is 1. The SMILES string of the molecule is CNC(=O)Cn1c(=O)n(C2CCN([C@@H]3Cc4cccc5cccc3c45)CC2)c2ccccc21. The lowest BCUT2D eigenvalue weighted by atomic mass is 9.99. The molecule has 1 aromatic heterocycles. The molecule has 6 heteroatoms. The van der Waals surface area contributed by atoms with E-state index in [4.69, 9.17) is 0 Å². The molecule has 6 nitrogen and oxygen atoms in total. The van der Waals surface area contributed by atoms with E-state index in [-0.39, 0.29) is 24.2 Å². The van der Waals surface area contributed by atoms with Gasteiger partial charge >= 0.3 is 5.69 Å². The summed E-state index contributed by atoms with van der Waals surface area (Å²) >= 11 is 0. The van der Waals surface area contributed by atoms with E-state index in [1.165, 1.54) is 21.9 Å². The lowest BCUT2D eigenvalue weighted by Crippen LogP contribution is -2.40. The average molecular weight is 441 g/mol. The van der Waals surface area contributed by atoms with Crippen LogP contribution >= 0.6 is 0 Å². The molecule has 2 heterocycles. The van der Waals surface area contributed by atoms with Gasteiger partial charge in [0.2, 0.25) is 5.91 Å². The summed E-state index contributed by atoms with van der Waals surface area (Å²) in [6, 6.07) is 21.7. The van der Waals surface area contributed by atoms with Crippen LogP contribution in [0.3, 0.4) is 0 Å². The first-order valence-corrected chi connectivity index (χ1v) is 11.8. The van der Waals surface area contributed by atoms with E-state index >= 15 is 0 Å². The van der Waals surface area contributed by atoms with Crippen LogP contribution in [0.5, 0.6) is 0 Å². The van der Waals surface area contributed by atoms with Crippen LogP contribution in [0, 0.1) is 0 Å². The third kappa shape index (κ3) is 3.20. The number of likely N-dealkylation sites (N-methyl/N-ethyl adjacent to an activating group) is 1. The Kier molecular flexibility index (Phi) is 4.84. The minimum Gasteiger partial charge on any atom is -0.358 e. The van der Waals surface area contributed by atoms with E-state index in [2.05, 4.69) is 46.6 Å². The molecule has 4 aromatic rings. The second-order valence-corrected chi connectivity index (χ2v) is 9.25. The number of nitrogens with zero attached hydrogens (tertiary/aromatic N) is 3. The number of carbonyl (C=O) groups is 1. The summed E-state index contributed by atoms with van der Waals surface area (Å²) in [6.45, 7) is 1.97. The summed E-state index contributed by atoms with van der Waals surface area (Å²) < 4.78 is 3.54. The maximum Gasteiger partial charge on any atom is 0.329 e. The van der Waals surface area contributed by atoms with Gasteiger partial charge in [0.25, 0.3) is 0 Å². The molecule has 6 rings (SSSR count). The van der Waals surface area contributed by atoms with Crippen LogP contribution in [0.1, 0.15) is 36.1 Å². The Morgan fingerprint density at radius 2 is 1.70 bits per heavy atom. The molecule has 1 saturated heterocycles. The van der Waals surface area contributed by atoms with Gasteiger partial charge in [0, 0.05) is 32.2 Å². The van der Waals surface area contributed by atoms with Crippen molar-refractivity contribution in [1.29, 1.82) is 0 Å². The number of likely N-dealkylation sites (tertiary alicyclic amines) is 1. The third-order valence-electron chi connectivity index (χ3n) is 7.55. The fraction of sp³-hybridized carbons (Fsp3) is 0.333. The van der Waals surface area contributed by atoms with E-state index in [0.29, 0.717) is 6.04 Å². The molecule has 0 bridgehead atoms. The van der Waals surface area contributed by atoms with Gasteiger partial charge < -0.3 is 5.32 Å². The predicted octanol–water partition coefficient (Wildman–Crippen LogP) is 3.64. The summed E-state index contributed by atoms with van der Waals surface area (Å²) in [5.74, 6) is -0.162. The van der Waals surface area contributed by atoms with Gasteiger partial charge in [-0.15, -0.1) is 0 Å². The summed E-state index contributed by atoms with van der Waals surface area (Å²) in [6.07, 6.45) is 2.92. The number of amides is 1. The molecule has 1 atom stereocenters. The number of hydrogen-bond donors (Lipinski definition) is 1. The minimum absolute atomic E-state index is 0.0476. The van der Waals surface area contributed by atoms with Gasteiger partial charge in [-0.25, -0.2) is 4.79 Å². The lowest BCUT2D eigenvalue weighted by Gasteiger charge is -2.36. The van der Waals surface area contributed by atoms with E-state index < -0.39 is 0 Å². The molecule has 33 heavy (non-hydrogen) atoms. The summed E-state index contributed by atoms with van der Waals surface area (Å²) in [5.41, 5.74) is 4.55. The van der Waals surface area contributed by atoms with Crippen molar-refractivity contribution in [2.75, 3.05) is 20.1 Å². The van der Waals surface area contributed by atoms with Crippen molar-refractivity contribution in [2.45, 2.75) is 37.9 Å². The van der Waals surface area contributed by atoms with Crippen LogP contribution in [-0.4, -0.2) is 40.1 Å². The number of carbonyl (C=O) groups excluding carboxylic acids is 1. The Bertz CT molecular complexity index is 1420. The van der Waals surface area contributed by atoms with E-state index in [1.807, 2.05) is 28.8 Å². The highest BCUT2D eigenvalue weighted by Gasteiger charge is 2.33. The second kappa shape index (κ2) is 7.89. The van der Waals surface area contributed by atoms with Crippen LogP contribution in [0.4, 0.5) is 0 Å². The topological polar surface area (TPSA) is 59.3 Å². The summed E-state index contributed by atoms with van der Waals surface area (Å²) in [7, 11) is 1.60. The predicted molar refractivity (Wildman–Crippen MR) is 131 cm³/mol. The molecular formula is C27H28N4O2. The number of aromatic nitrogens is 2. The Morgan fingerprint density at radius 1 is 0.970 bits per heavy atom. The van der Waals surface area contributed by atoms with Gasteiger partial charge in [-0.1, -0.05) is 48.5 Å². The van der Waals surface area contributed by atoms with Gasteiger partial charge in [0.1, 0.15) is 6.54 Å². The number of piperidine rings is 1. The number of nitrogens with one attached hydrogen (secondary N) is 1. The molecule has 168 valence electrons. The molecule has 0 saturated carbocycles. The largest absolute Gasteiger partial charge is 0.358 e. The van der Waals surface area contributed by atoms with Gasteiger partial charge in [0.15, 0.2) is 0 Å². The maximum absolute atomic E-state index is 13.4. The number of fused-ring (bicyclic) bond motifs is 1. The molecular weight excluding hydrogens is 412 g/mol. The Hall–Kier alpha value is -3.38. The summed E-state index contributed by atoms with van der Waals surface area (Å²) in [4.78, 5) is 28.0. The van der Waals surface area contributed by atoms with E-state index in [0.717, 1.165) is 43.4 Å². The second-order valence-electron chi connectivity index (χ2n) is 9.25. The van der Waals surface area contributed by atoms with E-state index in [1.54, 1.807) is 11.6 Å². The maximum atomic E-state index is 13.4. The fourth-order valence-electron chi connectivity index (χ4n) is 5.96. The Labute approximate surface area is 192 Å². The van der Waals surface area contributed by atoms with Crippen molar-refractivity contribution in [1.82, 2.24) is 19.4 Å². The summed E-state index contributed by atoms with van der Waals surface area (Å²) in [5, 5.41) is 5.39. The smallest absolute Gasteiger partial charge is 0.329 e. The van der Waals surface area contributed by atoms with Crippen LogP contribution in [0.25, 0.3) is 21.8 Å². The monoisotopic (exact) mass is 440 g/mol. The molecule has 1 aliphatic carbocycles. The highest BCUT2D eigenvalue weighted by molar-refractivity contribution is 5.91. The highest BCUT2D eigenvalue weighted by Crippen LogP contribution is 2.41. The standard InChI is InChI=1S/C27H28N4O2/c1-28-25(32)17-30-22-10-2-3-11-23(22)31(27(30)33)20-12-14-29(15-13-20)24-16-19-8-4-6-18-7-5-9-21(24)26(18)19/h2-11,20,24H,12-17H2,1H3,(H,28,32)/t24-/m1/s1. The Balaban J connectivity index is 1.27. The minimum atomic E-state index is -0.162. The molecule has 1 aliphatic heterocycles. The number of hydrogen-bond acceptors (Lipinski definition) is 3. The first kappa shape index (κ1) is 20.2. The van der Waals surface area contributed by atoms with Crippen LogP contribution in [0.15, 0.2) is 65.5 Å². The van der Waals surface area contributed by atoms with Crippen molar-refractivity contribution in [2.24, 2.45) is 0 Å². The zero-order valence-electron chi connectivity index (χ0n) is 18.8. The molecule has 2 aliphatic rings. The fourth-order valence-corrected chi connectivity index (χ4v) is 5.96. The molecule has 3 aromatic carbocycles. The Morgan fingerprint density at radius 3 is 2.45 bits per heavy atom. The zero-order valence-corrected chi connectivity index (χ0v) is 18.8. The van der Waals surface area contributed by atoms with Crippen LogP contribution < -0.4 is 11.0 Å². The van der Waals surface area contributed by atoms with Gasteiger partial charge in [0.05, 0.1) is 11.0 Å². The third-order valence-corrected chi connectivity index (χ3v) is 7.55. The quantitative estimate of drug-likeness (QED) is 0.527. The molecule has 0 unspecified atom stereocenters. The normalized spacial score (nSPS) is 18.9. The number of para-hydroxylation sites is 2. The molecule has 1 amide bonds. The van der Waals surface area contributed by atoms with Crippen molar-refractivity contribution < 1.29 is 4.79 Å². The number of benzene rings is 3. The molecule has 0 spiro atoms. The van der Waals surface area contributed by atoms with Crippen molar-refractivity contribution >= 4 is 27.7 Å². The van der Waals surface area contributed by atoms with Gasteiger partial charge in [-0.2, -0.15) is 0 Å². The van der Waals surface area contributed by atoms with Crippen molar-refractivity contribution in [3.63, 3.8) is 0 Å². The molecule has 1 fully saturated rings. The lowest BCUT2D eigenvalue weighted by molar-refractivity contribution is -0.121. The van der Waals surface area contributed by atoms with Crippen molar-refractivity contribution in [3.8, 4) is 0 Å². The number of rotatable bonds is 4. The first-order chi connectivity index (χ1) is 16.2. The molecule has 0 radical (unpaired) electrons. The van der Waals surface area contributed by atoms with Crippen LogP contribution in [-0.2, 0) is 17.8 Å². The van der Waals surface area contributed by atoms with E-state index in [9.17, 15) is 9.59 Å². The first-order valence-electron chi connectivity index (χ1n) is 11.8. The molecule has 1 N–H and O–H groups in total. The highest BCUT2D eigenvalue weighted by atomic mass is 16.2. The van der Waals surface area contributed by atoms with Crippen LogP contribution in [0.2, 0.25) is 0 Å². The zero-order chi connectivity index (χ0) is 22.5. The van der Waals surface area contributed by atoms with Gasteiger partial charge in [-0.3, -0.25) is 18.8 Å². The van der Waals surface area contributed by atoms with Gasteiger partial charge in [-0.05, 0) is 53.3 Å². The van der Waals surface area contributed by atoms with Crippen molar-refractivity contribution in [3.05, 3.63) is 82.3 Å². The average Bonchev–Trinajstić information content (AvgIpc) is 3.36.